The molecule has 1 aromatic rings. The summed E-state index contributed by atoms with van der Waals surface area (Å²) >= 11 is 12.2. The maximum Gasteiger partial charge on any atom is 0.0761 e. The largest absolute Gasteiger partial charge is 0.391 e. The van der Waals surface area contributed by atoms with Crippen LogP contribution in [0.3, 0.4) is 0 Å². The molecule has 0 unspecified atom stereocenters. The van der Waals surface area contributed by atoms with Gasteiger partial charge in [-0.3, -0.25) is 0 Å². The van der Waals surface area contributed by atoms with Crippen LogP contribution in [0.1, 0.15) is 37.3 Å². The van der Waals surface area contributed by atoms with E-state index in [1.54, 1.807) is 18.2 Å². The van der Waals surface area contributed by atoms with E-state index in [0.29, 0.717) is 15.6 Å². The fourth-order valence-electron chi connectivity index (χ4n) is 2.59. The molecule has 3 N–H and O–H groups in total. The lowest BCUT2D eigenvalue weighted by Crippen LogP contribution is -2.32. The molecule has 94 valence electrons. The van der Waals surface area contributed by atoms with Crippen LogP contribution < -0.4 is 5.73 Å². The lowest BCUT2D eigenvalue weighted by atomic mass is 9.91. The summed E-state index contributed by atoms with van der Waals surface area (Å²) in [5.41, 5.74) is 6.76. The Bertz CT molecular complexity index is 371. The van der Waals surface area contributed by atoms with Crippen LogP contribution >= 0.6 is 23.2 Å². The van der Waals surface area contributed by atoms with Crippen molar-refractivity contribution in [1.29, 1.82) is 0 Å². The minimum absolute atomic E-state index is 0.275. The van der Waals surface area contributed by atoms with Crippen LogP contribution in [0.4, 0.5) is 0 Å². The van der Waals surface area contributed by atoms with Gasteiger partial charge in [0.05, 0.1) is 12.1 Å². The number of halogens is 2. The normalized spacial score (nSPS) is 20.5. The van der Waals surface area contributed by atoms with E-state index in [2.05, 4.69) is 0 Å². The molecule has 2 atom stereocenters. The van der Waals surface area contributed by atoms with Crippen LogP contribution in [0, 0.1) is 5.92 Å². The molecule has 0 radical (unpaired) electrons. The second kappa shape index (κ2) is 5.57. The highest BCUT2D eigenvalue weighted by Gasteiger charge is 2.30. The van der Waals surface area contributed by atoms with Gasteiger partial charge in [-0.2, -0.15) is 0 Å². The molecule has 4 heteroatoms. The van der Waals surface area contributed by atoms with Crippen molar-refractivity contribution in [2.24, 2.45) is 11.7 Å². The first-order valence-electron chi connectivity index (χ1n) is 5.99. The predicted octanol–water partition coefficient (Wildman–Crippen LogP) is 3.54. The average Bonchev–Trinajstić information content (AvgIpc) is 2.81. The Hall–Kier alpha value is -0.280. The number of benzene rings is 1. The Morgan fingerprint density at radius 1 is 1.18 bits per heavy atom. The Balaban J connectivity index is 2.20. The molecule has 2 nitrogen and oxygen atoms in total. The zero-order valence-corrected chi connectivity index (χ0v) is 11.1. The third kappa shape index (κ3) is 2.76. The molecule has 1 aromatic carbocycles. The molecule has 0 saturated heterocycles. The highest BCUT2D eigenvalue weighted by Crippen LogP contribution is 2.36. The summed E-state index contributed by atoms with van der Waals surface area (Å²) in [6, 6.07) is 4.79. The molecular weight excluding hydrogens is 257 g/mol. The third-order valence-electron chi connectivity index (χ3n) is 3.58. The van der Waals surface area contributed by atoms with Crippen LogP contribution in [-0.4, -0.2) is 11.2 Å². The van der Waals surface area contributed by atoms with Crippen molar-refractivity contribution >= 4 is 23.2 Å². The van der Waals surface area contributed by atoms with E-state index in [-0.39, 0.29) is 5.92 Å². The Kier molecular flexibility index (Phi) is 4.31. The van der Waals surface area contributed by atoms with Crippen molar-refractivity contribution in [1.82, 2.24) is 0 Å². The van der Waals surface area contributed by atoms with E-state index in [1.165, 1.54) is 12.8 Å². The highest BCUT2D eigenvalue weighted by atomic mass is 35.5. The molecule has 0 aromatic heterocycles. The number of nitrogens with two attached hydrogens (primary N) is 1. The van der Waals surface area contributed by atoms with Gasteiger partial charge in [0, 0.05) is 15.6 Å². The lowest BCUT2D eigenvalue weighted by Gasteiger charge is -2.25. The van der Waals surface area contributed by atoms with Crippen molar-refractivity contribution in [3.8, 4) is 0 Å². The number of aliphatic hydroxyl groups excluding tert-OH is 1. The molecule has 0 amide bonds. The van der Waals surface area contributed by atoms with Crippen molar-refractivity contribution in [2.75, 3.05) is 0 Å². The maximum atomic E-state index is 10.3. The zero-order valence-electron chi connectivity index (χ0n) is 9.57. The smallest absolute Gasteiger partial charge is 0.0761 e. The summed E-state index contributed by atoms with van der Waals surface area (Å²) in [5, 5.41) is 11.3. The van der Waals surface area contributed by atoms with Gasteiger partial charge in [-0.1, -0.05) is 42.1 Å². The molecule has 0 spiro atoms. The molecule has 0 aliphatic heterocycles. The molecule has 0 bridgehead atoms. The second-order valence-corrected chi connectivity index (χ2v) is 5.51. The van der Waals surface area contributed by atoms with Gasteiger partial charge in [0.1, 0.15) is 0 Å². The minimum Gasteiger partial charge on any atom is -0.391 e. The first-order chi connectivity index (χ1) is 8.11. The first kappa shape index (κ1) is 13.2. The molecule has 1 aliphatic carbocycles. The summed E-state index contributed by atoms with van der Waals surface area (Å²) in [4.78, 5) is 0. The first-order valence-corrected chi connectivity index (χ1v) is 6.74. The van der Waals surface area contributed by atoms with Gasteiger partial charge < -0.3 is 10.8 Å². The van der Waals surface area contributed by atoms with Gasteiger partial charge in [-0.25, -0.2) is 0 Å². The fourth-order valence-corrected chi connectivity index (χ4v) is 3.24. The predicted molar refractivity (Wildman–Crippen MR) is 71.4 cm³/mol. The summed E-state index contributed by atoms with van der Waals surface area (Å²) in [6.07, 6.45) is 3.86. The Labute approximate surface area is 112 Å². The minimum atomic E-state index is -0.560. The van der Waals surface area contributed by atoms with Gasteiger partial charge in [-0.05, 0) is 30.9 Å². The quantitative estimate of drug-likeness (QED) is 0.885. The summed E-state index contributed by atoms with van der Waals surface area (Å²) in [7, 11) is 0. The van der Waals surface area contributed by atoms with Gasteiger partial charge in [0.15, 0.2) is 0 Å². The fraction of sp³-hybridized carbons (Fsp3) is 0.538. The maximum absolute atomic E-state index is 10.3. The van der Waals surface area contributed by atoms with Crippen LogP contribution in [0.15, 0.2) is 18.2 Å². The summed E-state index contributed by atoms with van der Waals surface area (Å²) in [5.74, 6) is 0.275. The second-order valence-electron chi connectivity index (χ2n) is 4.70. The van der Waals surface area contributed by atoms with Crippen molar-refractivity contribution in [3.05, 3.63) is 33.8 Å². The number of hydrogen-bond acceptors (Lipinski definition) is 2. The molecule has 1 aliphatic rings. The van der Waals surface area contributed by atoms with E-state index in [0.717, 1.165) is 12.8 Å². The third-order valence-corrected chi connectivity index (χ3v) is 4.24. The Morgan fingerprint density at radius 3 is 2.24 bits per heavy atom. The standard InChI is InChI=1S/C13H17Cl2NO/c14-9-6-3-7-10(15)11(9)12(16)13(17)8-4-1-2-5-8/h3,6-8,12-13,17H,1-2,4-5,16H2/t12-,13+/m1/s1. The lowest BCUT2D eigenvalue weighted by molar-refractivity contribution is 0.0845. The molecular formula is C13H17Cl2NO. The van der Waals surface area contributed by atoms with Crippen LogP contribution in [0.2, 0.25) is 10.0 Å². The number of aliphatic hydroxyl groups is 1. The monoisotopic (exact) mass is 273 g/mol. The van der Waals surface area contributed by atoms with Crippen LogP contribution in [0.5, 0.6) is 0 Å². The van der Waals surface area contributed by atoms with E-state index in [1.807, 2.05) is 0 Å². The van der Waals surface area contributed by atoms with Gasteiger partial charge in [0.25, 0.3) is 0 Å². The van der Waals surface area contributed by atoms with E-state index in [9.17, 15) is 5.11 Å². The molecule has 2 rings (SSSR count). The van der Waals surface area contributed by atoms with Gasteiger partial charge in [0.2, 0.25) is 0 Å². The van der Waals surface area contributed by atoms with Crippen molar-refractivity contribution in [2.45, 2.75) is 37.8 Å². The highest BCUT2D eigenvalue weighted by molar-refractivity contribution is 6.36. The van der Waals surface area contributed by atoms with E-state index in [4.69, 9.17) is 28.9 Å². The van der Waals surface area contributed by atoms with Gasteiger partial charge >= 0.3 is 0 Å². The van der Waals surface area contributed by atoms with E-state index >= 15 is 0 Å². The molecule has 0 heterocycles. The van der Waals surface area contributed by atoms with E-state index < -0.39 is 12.1 Å². The molecule has 1 fully saturated rings. The Morgan fingerprint density at radius 2 is 1.71 bits per heavy atom. The topological polar surface area (TPSA) is 46.2 Å². The SMILES string of the molecule is N[C@H](c1c(Cl)cccc1Cl)[C@@H](O)C1CCCC1. The van der Waals surface area contributed by atoms with Crippen molar-refractivity contribution < 1.29 is 5.11 Å². The van der Waals surface area contributed by atoms with Crippen LogP contribution in [0.25, 0.3) is 0 Å². The average molecular weight is 274 g/mol. The van der Waals surface area contributed by atoms with Crippen LogP contribution in [-0.2, 0) is 0 Å². The zero-order chi connectivity index (χ0) is 12.4. The van der Waals surface area contributed by atoms with Crippen molar-refractivity contribution in [3.63, 3.8) is 0 Å². The molecule has 1 saturated carbocycles. The number of rotatable bonds is 3. The summed E-state index contributed by atoms with van der Waals surface area (Å²) in [6.45, 7) is 0. The van der Waals surface area contributed by atoms with Gasteiger partial charge in [-0.15, -0.1) is 0 Å². The number of hydrogen-bond donors (Lipinski definition) is 2. The summed E-state index contributed by atoms with van der Waals surface area (Å²) < 4.78 is 0. The molecule has 17 heavy (non-hydrogen) atoms.